The highest BCUT2D eigenvalue weighted by Gasteiger charge is 2.14. The van der Waals surface area contributed by atoms with E-state index < -0.39 is 10.0 Å². The zero-order chi connectivity index (χ0) is 12.2. The fourth-order valence-corrected chi connectivity index (χ4v) is 2.05. The molecule has 0 aromatic carbocycles. The van der Waals surface area contributed by atoms with Crippen molar-refractivity contribution in [1.82, 2.24) is 14.9 Å². The molecule has 0 aliphatic heterocycles. The summed E-state index contributed by atoms with van der Waals surface area (Å²) in [4.78, 5) is 0. The van der Waals surface area contributed by atoms with Gasteiger partial charge in [-0.05, 0) is 39.2 Å². The van der Waals surface area contributed by atoms with Gasteiger partial charge in [-0.3, -0.25) is 5.10 Å². The van der Waals surface area contributed by atoms with Crippen molar-refractivity contribution in [2.24, 2.45) is 0 Å². The van der Waals surface area contributed by atoms with Crippen molar-refractivity contribution in [2.75, 3.05) is 6.54 Å². The third-order valence-electron chi connectivity index (χ3n) is 2.48. The number of aromatic amines is 1. The molecule has 0 bridgehead atoms. The molecule has 1 aromatic rings. The van der Waals surface area contributed by atoms with E-state index in [1.807, 2.05) is 6.92 Å². The van der Waals surface area contributed by atoms with Crippen LogP contribution in [0, 0.1) is 6.92 Å². The van der Waals surface area contributed by atoms with Gasteiger partial charge in [0.05, 0.1) is 11.4 Å². The van der Waals surface area contributed by atoms with E-state index in [2.05, 4.69) is 14.9 Å². The molecule has 0 amide bonds. The van der Waals surface area contributed by atoms with Gasteiger partial charge in [-0.2, -0.15) is 5.10 Å². The molecule has 0 atom stereocenters. The van der Waals surface area contributed by atoms with Crippen LogP contribution in [0.4, 0.5) is 0 Å². The first-order chi connectivity index (χ1) is 7.43. The fraction of sp³-hybridized carbons (Fsp3) is 0.700. The molecule has 92 valence electrons. The maximum Gasteiger partial charge on any atom is 0.213 e. The minimum absolute atomic E-state index is 0.372. The van der Waals surface area contributed by atoms with Crippen LogP contribution in [0.3, 0.4) is 0 Å². The molecule has 0 spiro atoms. The van der Waals surface area contributed by atoms with Gasteiger partial charge in [-0.25, -0.2) is 13.1 Å². The lowest BCUT2D eigenvalue weighted by Crippen LogP contribution is -2.31. The van der Waals surface area contributed by atoms with E-state index in [0.717, 1.165) is 24.1 Å². The van der Waals surface area contributed by atoms with Crippen molar-refractivity contribution >= 4 is 10.0 Å². The molecule has 5 nitrogen and oxygen atoms in total. The van der Waals surface area contributed by atoms with E-state index >= 15 is 0 Å². The molecular formula is C10H19N3O2S. The molecule has 1 aromatic heterocycles. The van der Waals surface area contributed by atoms with Crippen LogP contribution >= 0.6 is 0 Å². The lowest BCUT2D eigenvalue weighted by molar-refractivity contribution is 0.570. The quantitative estimate of drug-likeness (QED) is 0.734. The molecule has 1 rings (SSSR count). The number of aromatic nitrogens is 2. The normalized spacial score (nSPS) is 12.2. The Morgan fingerprint density at radius 1 is 1.50 bits per heavy atom. The van der Waals surface area contributed by atoms with Crippen molar-refractivity contribution in [3.63, 3.8) is 0 Å². The van der Waals surface area contributed by atoms with Crippen LogP contribution in [-0.2, 0) is 16.4 Å². The van der Waals surface area contributed by atoms with Crippen molar-refractivity contribution in [3.8, 4) is 0 Å². The summed E-state index contributed by atoms with van der Waals surface area (Å²) >= 11 is 0. The van der Waals surface area contributed by atoms with Gasteiger partial charge in [0.1, 0.15) is 0 Å². The Hall–Kier alpha value is -0.880. The van der Waals surface area contributed by atoms with Crippen LogP contribution in [0.5, 0.6) is 0 Å². The Morgan fingerprint density at radius 2 is 2.19 bits per heavy atom. The van der Waals surface area contributed by atoms with Gasteiger partial charge < -0.3 is 0 Å². The summed E-state index contributed by atoms with van der Waals surface area (Å²) in [6.07, 6.45) is 3.40. The van der Waals surface area contributed by atoms with Crippen molar-refractivity contribution in [3.05, 3.63) is 17.5 Å². The van der Waals surface area contributed by atoms with Crippen molar-refractivity contribution in [1.29, 1.82) is 0 Å². The Labute approximate surface area is 96.7 Å². The molecular weight excluding hydrogens is 226 g/mol. The molecule has 2 N–H and O–H groups in total. The highest BCUT2D eigenvalue weighted by atomic mass is 32.2. The summed E-state index contributed by atoms with van der Waals surface area (Å²) in [5.74, 6) is 0. The largest absolute Gasteiger partial charge is 0.283 e. The number of aryl methyl sites for hydroxylation is 2. The predicted molar refractivity (Wildman–Crippen MR) is 63.7 cm³/mol. The van der Waals surface area contributed by atoms with Gasteiger partial charge in [0.2, 0.25) is 10.0 Å². The third kappa shape index (κ3) is 3.61. The first-order valence-corrected chi connectivity index (χ1v) is 6.95. The number of hydrogen-bond donors (Lipinski definition) is 2. The van der Waals surface area contributed by atoms with Crippen LogP contribution in [-0.4, -0.2) is 30.4 Å². The van der Waals surface area contributed by atoms with E-state index in [1.165, 1.54) is 0 Å². The highest BCUT2D eigenvalue weighted by molar-refractivity contribution is 7.90. The van der Waals surface area contributed by atoms with Gasteiger partial charge in [0.25, 0.3) is 0 Å². The Balaban J connectivity index is 2.30. The summed E-state index contributed by atoms with van der Waals surface area (Å²) < 4.78 is 25.4. The van der Waals surface area contributed by atoms with E-state index in [0.29, 0.717) is 6.54 Å². The monoisotopic (exact) mass is 245 g/mol. The van der Waals surface area contributed by atoms with Crippen molar-refractivity contribution in [2.45, 2.75) is 38.9 Å². The van der Waals surface area contributed by atoms with Crippen LogP contribution in [0.2, 0.25) is 0 Å². The number of H-pyrrole nitrogens is 1. The summed E-state index contributed by atoms with van der Waals surface area (Å²) in [6, 6.07) is 0. The summed E-state index contributed by atoms with van der Waals surface area (Å²) in [6.45, 7) is 5.77. The van der Waals surface area contributed by atoms with E-state index in [-0.39, 0.29) is 5.25 Å². The molecule has 16 heavy (non-hydrogen) atoms. The van der Waals surface area contributed by atoms with Crippen molar-refractivity contribution < 1.29 is 8.42 Å². The zero-order valence-electron chi connectivity index (χ0n) is 9.95. The fourth-order valence-electron chi connectivity index (χ4n) is 1.29. The molecule has 0 aliphatic rings. The molecule has 0 saturated heterocycles. The molecule has 0 saturated carbocycles. The standard InChI is InChI=1S/C10H19N3O2S/c1-8(2)16(14,15)12-6-4-5-10-7-11-13-9(10)3/h7-8,12H,4-6H2,1-3H3,(H,11,13). The second kappa shape index (κ2) is 5.45. The highest BCUT2D eigenvalue weighted by Crippen LogP contribution is 2.05. The van der Waals surface area contributed by atoms with E-state index in [1.54, 1.807) is 20.0 Å². The minimum atomic E-state index is -3.12. The van der Waals surface area contributed by atoms with E-state index in [9.17, 15) is 8.42 Å². The van der Waals surface area contributed by atoms with Crippen LogP contribution in [0.1, 0.15) is 31.5 Å². The second-order valence-electron chi connectivity index (χ2n) is 4.11. The van der Waals surface area contributed by atoms with Gasteiger partial charge in [0, 0.05) is 12.2 Å². The number of nitrogens with one attached hydrogen (secondary N) is 2. The zero-order valence-corrected chi connectivity index (χ0v) is 10.8. The maximum absolute atomic E-state index is 11.4. The van der Waals surface area contributed by atoms with Gasteiger partial charge in [0.15, 0.2) is 0 Å². The predicted octanol–water partition coefficient (Wildman–Crippen LogP) is 0.979. The molecule has 0 unspecified atom stereocenters. The number of sulfonamides is 1. The molecule has 0 radical (unpaired) electrons. The van der Waals surface area contributed by atoms with Crippen LogP contribution in [0.25, 0.3) is 0 Å². The first-order valence-electron chi connectivity index (χ1n) is 5.41. The Bertz CT molecular complexity index is 423. The molecule has 1 heterocycles. The lowest BCUT2D eigenvalue weighted by atomic mass is 10.1. The summed E-state index contributed by atoms with van der Waals surface area (Å²) in [7, 11) is -3.12. The molecule has 0 aliphatic carbocycles. The average molecular weight is 245 g/mol. The van der Waals surface area contributed by atoms with Gasteiger partial charge in [-0.1, -0.05) is 0 Å². The number of hydrogen-bond acceptors (Lipinski definition) is 3. The maximum atomic E-state index is 11.4. The smallest absolute Gasteiger partial charge is 0.213 e. The molecule has 6 heteroatoms. The molecule has 0 fully saturated rings. The SMILES string of the molecule is Cc1[nH]ncc1CCCNS(=O)(=O)C(C)C. The first kappa shape index (κ1) is 13.2. The lowest BCUT2D eigenvalue weighted by Gasteiger charge is -2.08. The Morgan fingerprint density at radius 3 is 2.69 bits per heavy atom. The number of nitrogens with zero attached hydrogens (tertiary/aromatic N) is 1. The topological polar surface area (TPSA) is 74.8 Å². The average Bonchev–Trinajstić information content (AvgIpc) is 2.59. The minimum Gasteiger partial charge on any atom is -0.283 e. The van der Waals surface area contributed by atoms with Crippen LogP contribution in [0.15, 0.2) is 6.20 Å². The second-order valence-corrected chi connectivity index (χ2v) is 6.43. The van der Waals surface area contributed by atoms with Gasteiger partial charge >= 0.3 is 0 Å². The Kier molecular flexibility index (Phi) is 4.49. The third-order valence-corrected chi connectivity index (χ3v) is 4.33. The van der Waals surface area contributed by atoms with Crippen LogP contribution < -0.4 is 4.72 Å². The number of rotatable bonds is 6. The summed E-state index contributed by atoms with van der Waals surface area (Å²) in [5.41, 5.74) is 2.19. The van der Waals surface area contributed by atoms with Gasteiger partial charge in [-0.15, -0.1) is 0 Å². The summed E-state index contributed by atoms with van der Waals surface area (Å²) in [5, 5.41) is 6.40. The van der Waals surface area contributed by atoms with E-state index in [4.69, 9.17) is 0 Å².